The molecule has 0 aliphatic heterocycles. The topological polar surface area (TPSA) is 23.0 Å². The average Bonchev–Trinajstić information content (AvgIpc) is 3.94. The second kappa shape index (κ2) is 12.5. The summed E-state index contributed by atoms with van der Waals surface area (Å²) in [6, 6.07) is 74.4. The van der Waals surface area contributed by atoms with E-state index in [9.17, 15) is 0 Å². The number of furan rings is 1. The summed E-state index contributed by atoms with van der Waals surface area (Å²) in [5, 5.41) is 7.15. The zero-order valence-electron chi connectivity index (χ0n) is 30.9. The fourth-order valence-corrected chi connectivity index (χ4v) is 9.12. The molecule has 0 saturated heterocycles. The number of fused-ring (bicyclic) bond motifs is 9. The van der Waals surface area contributed by atoms with Crippen LogP contribution in [-0.2, 0) is 0 Å². The van der Waals surface area contributed by atoms with Gasteiger partial charge in [0.25, 0.3) is 0 Å². The Morgan fingerprint density at radius 2 is 0.860 bits per heavy atom. The van der Waals surface area contributed by atoms with Crippen molar-refractivity contribution >= 4 is 65.6 Å². The molecule has 0 amide bonds. The Hall–Kier alpha value is -7.62. The first-order valence-electron chi connectivity index (χ1n) is 19.5. The summed E-state index contributed by atoms with van der Waals surface area (Å²) >= 11 is 0. The molecule has 0 N–H and O–H groups in total. The van der Waals surface area contributed by atoms with Crippen molar-refractivity contribution in [2.75, 3.05) is 0 Å². The third-order valence-electron chi connectivity index (χ3n) is 11.7. The summed E-state index contributed by atoms with van der Waals surface area (Å²) in [5.41, 5.74) is 15.9. The second-order valence-corrected chi connectivity index (χ2v) is 14.9. The Morgan fingerprint density at radius 1 is 0.316 bits per heavy atom. The first-order valence-corrected chi connectivity index (χ1v) is 19.5. The largest absolute Gasteiger partial charge is 0.454 e. The van der Waals surface area contributed by atoms with Crippen molar-refractivity contribution in [3.8, 4) is 44.8 Å². The van der Waals surface area contributed by atoms with Crippen molar-refractivity contribution in [1.82, 2.24) is 9.13 Å². The van der Waals surface area contributed by atoms with Gasteiger partial charge < -0.3 is 13.6 Å². The Kier molecular flexibility index (Phi) is 6.93. The molecule has 266 valence electrons. The van der Waals surface area contributed by atoms with Crippen LogP contribution in [0.1, 0.15) is 0 Å². The average molecular weight is 727 g/mol. The molecule has 0 radical (unpaired) electrons. The minimum Gasteiger partial charge on any atom is -0.454 e. The number of para-hydroxylation sites is 4. The predicted molar refractivity (Wildman–Crippen MR) is 239 cm³/mol. The van der Waals surface area contributed by atoms with E-state index in [2.05, 4.69) is 209 Å². The highest BCUT2D eigenvalue weighted by Crippen LogP contribution is 2.42. The summed E-state index contributed by atoms with van der Waals surface area (Å²) in [7, 11) is 0. The van der Waals surface area contributed by atoms with Gasteiger partial charge in [-0.3, -0.25) is 0 Å². The van der Waals surface area contributed by atoms with Crippen LogP contribution < -0.4 is 0 Å². The maximum absolute atomic E-state index is 6.55. The highest BCUT2D eigenvalue weighted by atomic mass is 16.3. The smallest absolute Gasteiger partial charge is 0.159 e. The van der Waals surface area contributed by atoms with E-state index in [0.717, 1.165) is 44.3 Å². The monoisotopic (exact) mass is 726 g/mol. The Bertz CT molecular complexity index is 3490. The molecule has 0 atom stereocenters. The van der Waals surface area contributed by atoms with Gasteiger partial charge in [0.2, 0.25) is 0 Å². The predicted octanol–water partition coefficient (Wildman–Crippen LogP) is 14.8. The number of benzene rings is 9. The van der Waals surface area contributed by atoms with Gasteiger partial charge in [0, 0.05) is 43.6 Å². The van der Waals surface area contributed by atoms with Crippen LogP contribution in [0.5, 0.6) is 0 Å². The highest BCUT2D eigenvalue weighted by Gasteiger charge is 2.20. The van der Waals surface area contributed by atoms with E-state index in [1.807, 2.05) is 6.07 Å². The van der Waals surface area contributed by atoms with Crippen LogP contribution in [0, 0.1) is 0 Å². The van der Waals surface area contributed by atoms with Crippen molar-refractivity contribution in [2.45, 2.75) is 0 Å². The molecule has 12 aromatic rings. The standard InChI is InChI=1S/C54H34N2O/c1-3-13-35(14-4-1)36-25-29-40(30-26-36)55-49-31-27-39(34-47(49)44-20-11-19-41(53(44)55)37-15-5-2-6-16-37)38-28-32-50-46(33-38)42-17-7-9-22-48(42)56(50)51-23-12-21-45-43-18-8-10-24-52(43)57-54(45)51/h1-34H. The zero-order chi connectivity index (χ0) is 37.5. The number of hydrogen-bond donors (Lipinski definition) is 0. The Balaban J connectivity index is 1.05. The third kappa shape index (κ3) is 4.86. The van der Waals surface area contributed by atoms with E-state index in [1.54, 1.807) is 0 Å². The van der Waals surface area contributed by atoms with Gasteiger partial charge in [-0.25, -0.2) is 0 Å². The van der Waals surface area contributed by atoms with E-state index >= 15 is 0 Å². The van der Waals surface area contributed by atoms with Crippen LogP contribution in [0.15, 0.2) is 211 Å². The lowest BCUT2D eigenvalue weighted by Gasteiger charge is -2.13. The van der Waals surface area contributed by atoms with Crippen molar-refractivity contribution in [2.24, 2.45) is 0 Å². The van der Waals surface area contributed by atoms with Crippen LogP contribution in [0.4, 0.5) is 0 Å². The fourth-order valence-electron chi connectivity index (χ4n) is 9.12. The molecule has 0 unspecified atom stereocenters. The van der Waals surface area contributed by atoms with Crippen molar-refractivity contribution in [3.05, 3.63) is 206 Å². The van der Waals surface area contributed by atoms with Gasteiger partial charge in [-0.05, 0) is 82.4 Å². The molecule has 9 aromatic carbocycles. The fraction of sp³-hybridized carbons (Fsp3) is 0. The molecule has 3 heteroatoms. The lowest BCUT2D eigenvalue weighted by atomic mass is 9.99. The number of nitrogens with zero attached hydrogens (tertiary/aromatic N) is 2. The lowest BCUT2D eigenvalue weighted by molar-refractivity contribution is 0.666. The van der Waals surface area contributed by atoms with Gasteiger partial charge in [-0.1, -0.05) is 152 Å². The molecular weight excluding hydrogens is 693 g/mol. The van der Waals surface area contributed by atoms with E-state index in [0.29, 0.717) is 0 Å². The van der Waals surface area contributed by atoms with Gasteiger partial charge in [0.1, 0.15) is 5.58 Å². The third-order valence-corrected chi connectivity index (χ3v) is 11.7. The van der Waals surface area contributed by atoms with Crippen molar-refractivity contribution in [3.63, 3.8) is 0 Å². The first-order chi connectivity index (χ1) is 28.3. The molecule has 0 fully saturated rings. The molecule has 3 aromatic heterocycles. The summed E-state index contributed by atoms with van der Waals surface area (Å²) in [6.07, 6.45) is 0. The van der Waals surface area contributed by atoms with E-state index in [-0.39, 0.29) is 0 Å². The van der Waals surface area contributed by atoms with Crippen LogP contribution >= 0.6 is 0 Å². The lowest BCUT2D eigenvalue weighted by Crippen LogP contribution is -1.95. The molecule has 0 bridgehead atoms. The molecule has 3 nitrogen and oxygen atoms in total. The zero-order valence-corrected chi connectivity index (χ0v) is 30.9. The van der Waals surface area contributed by atoms with Gasteiger partial charge in [-0.15, -0.1) is 0 Å². The van der Waals surface area contributed by atoms with Gasteiger partial charge in [0.05, 0.1) is 27.8 Å². The minimum absolute atomic E-state index is 0.900. The quantitative estimate of drug-likeness (QED) is 0.173. The normalized spacial score (nSPS) is 11.9. The Morgan fingerprint density at radius 3 is 1.63 bits per heavy atom. The molecule has 0 saturated carbocycles. The van der Waals surface area contributed by atoms with Gasteiger partial charge >= 0.3 is 0 Å². The number of aromatic nitrogens is 2. The second-order valence-electron chi connectivity index (χ2n) is 14.9. The van der Waals surface area contributed by atoms with E-state index in [1.165, 1.54) is 66.0 Å². The maximum Gasteiger partial charge on any atom is 0.159 e. The summed E-state index contributed by atoms with van der Waals surface area (Å²) in [4.78, 5) is 0. The Labute approximate surface area is 328 Å². The highest BCUT2D eigenvalue weighted by molar-refractivity contribution is 6.16. The SMILES string of the molecule is c1ccc(-c2ccc(-n3c4ccc(-c5ccc6c(c5)c5ccccc5n6-c5cccc6c5oc5ccccc56)cc4c4cccc(-c5ccccc5)c43)cc2)cc1. The molecule has 0 aliphatic carbocycles. The first kappa shape index (κ1) is 31.7. The summed E-state index contributed by atoms with van der Waals surface area (Å²) < 4.78 is 11.4. The van der Waals surface area contributed by atoms with Gasteiger partial charge in [-0.2, -0.15) is 0 Å². The molecule has 57 heavy (non-hydrogen) atoms. The number of hydrogen-bond acceptors (Lipinski definition) is 1. The van der Waals surface area contributed by atoms with Crippen LogP contribution in [0.25, 0.3) is 110 Å². The van der Waals surface area contributed by atoms with Crippen LogP contribution in [-0.4, -0.2) is 9.13 Å². The summed E-state index contributed by atoms with van der Waals surface area (Å²) in [6.45, 7) is 0. The minimum atomic E-state index is 0.900. The number of rotatable bonds is 5. The molecule has 0 spiro atoms. The van der Waals surface area contributed by atoms with E-state index < -0.39 is 0 Å². The maximum atomic E-state index is 6.55. The molecule has 3 heterocycles. The van der Waals surface area contributed by atoms with Crippen LogP contribution in [0.2, 0.25) is 0 Å². The molecule has 12 rings (SSSR count). The van der Waals surface area contributed by atoms with Crippen molar-refractivity contribution < 1.29 is 4.42 Å². The summed E-state index contributed by atoms with van der Waals surface area (Å²) in [5.74, 6) is 0. The molecule has 0 aliphatic rings. The van der Waals surface area contributed by atoms with Crippen LogP contribution in [0.3, 0.4) is 0 Å². The van der Waals surface area contributed by atoms with E-state index in [4.69, 9.17) is 4.42 Å². The van der Waals surface area contributed by atoms with Gasteiger partial charge in [0.15, 0.2) is 5.58 Å². The van der Waals surface area contributed by atoms with Crippen molar-refractivity contribution in [1.29, 1.82) is 0 Å². The molecular formula is C54H34N2O.